The van der Waals surface area contributed by atoms with Crippen molar-refractivity contribution in [3.63, 3.8) is 0 Å². The van der Waals surface area contributed by atoms with Gasteiger partial charge in [0, 0.05) is 5.69 Å². The van der Waals surface area contributed by atoms with Crippen LogP contribution in [0.25, 0.3) is 0 Å². The first-order valence-electron chi connectivity index (χ1n) is 7.33. The summed E-state index contributed by atoms with van der Waals surface area (Å²) in [6, 6.07) is 17.3. The molecule has 2 aromatic rings. The number of carbonyl (C=O) groups excluding carboxylic acids is 1. The van der Waals surface area contributed by atoms with E-state index in [-0.39, 0.29) is 18.4 Å². The van der Waals surface area contributed by atoms with E-state index in [9.17, 15) is 4.79 Å². The van der Waals surface area contributed by atoms with E-state index in [0.29, 0.717) is 5.92 Å². The normalized spacial score (nSPS) is 15.5. The number of rotatable bonds is 5. The van der Waals surface area contributed by atoms with Crippen LogP contribution in [0.4, 0.5) is 5.69 Å². The molecular weight excluding hydrogens is 262 g/mol. The molecule has 1 amide bonds. The molecule has 0 bridgehead atoms. The fourth-order valence-corrected chi connectivity index (χ4v) is 2.69. The third-order valence-electron chi connectivity index (χ3n) is 3.91. The van der Waals surface area contributed by atoms with E-state index in [1.807, 2.05) is 54.6 Å². The van der Waals surface area contributed by atoms with Crippen molar-refractivity contribution in [2.45, 2.75) is 25.4 Å². The van der Waals surface area contributed by atoms with Gasteiger partial charge in [0.2, 0.25) is 5.91 Å². The third-order valence-corrected chi connectivity index (χ3v) is 3.91. The number of aliphatic hydroxyl groups excluding tert-OH is 1. The van der Waals surface area contributed by atoms with Crippen LogP contribution in [0, 0.1) is 5.92 Å². The zero-order chi connectivity index (χ0) is 14.7. The minimum Gasteiger partial charge on any atom is -0.392 e. The number of anilines is 1. The van der Waals surface area contributed by atoms with Crippen molar-refractivity contribution in [1.29, 1.82) is 0 Å². The number of nitrogens with one attached hydrogen (secondary N) is 1. The summed E-state index contributed by atoms with van der Waals surface area (Å²) in [5.41, 5.74) is 2.62. The van der Waals surface area contributed by atoms with E-state index in [1.165, 1.54) is 0 Å². The van der Waals surface area contributed by atoms with E-state index < -0.39 is 0 Å². The Bertz CT molecular complexity index is 620. The maximum Gasteiger partial charge on any atom is 0.232 e. The van der Waals surface area contributed by atoms with Crippen molar-refractivity contribution in [2.75, 3.05) is 5.32 Å². The van der Waals surface area contributed by atoms with Crippen LogP contribution in [-0.2, 0) is 11.4 Å². The van der Waals surface area contributed by atoms with Gasteiger partial charge in [-0.15, -0.1) is 0 Å². The van der Waals surface area contributed by atoms with Gasteiger partial charge in [0.05, 0.1) is 12.5 Å². The molecule has 0 saturated heterocycles. The number of amides is 1. The lowest BCUT2D eigenvalue weighted by Crippen LogP contribution is -2.22. The van der Waals surface area contributed by atoms with Gasteiger partial charge in [0.25, 0.3) is 0 Å². The lowest BCUT2D eigenvalue weighted by molar-refractivity contribution is -0.118. The van der Waals surface area contributed by atoms with E-state index in [1.54, 1.807) is 0 Å². The number of hydrogen-bond donors (Lipinski definition) is 2. The van der Waals surface area contributed by atoms with Crippen LogP contribution in [0.2, 0.25) is 0 Å². The Balaban J connectivity index is 1.78. The Hall–Kier alpha value is -2.13. The first-order valence-corrected chi connectivity index (χ1v) is 7.33. The standard InChI is InChI=1S/C18H19NO2/c20-12-13-5-4-8-16(11-13)19-18(21)17(15-9-10-15)14-6-2-1-3-7-14/h1-8,11,15,17,20H,9-10,12H2,(H,19,21). The second-order valence-corrected chi connectivity index (χ2v) is 5.57. The average Bonchev–Trinajstić information content (AvgIpc) is 3.33. The van der Waals surface area contributed by atoms with E-state index >= 15 is 0 Å². The van der Waals surface area contributed by atoms with Crippen molar-refractivity contribution in [2.24, 2.45) is 5.92 Å². The molecule has 0 spiro atoms. The van der Waals surface area contributed by atoms with Gasteiger partial charge >= 0.3 is 0 Å². The van der Waals surface area contributed by atoms with Gasteiger partial charge in [-0.3, -0.25) is 4.79 Å². The molecule has 21 heavy (non-hydrogen) atoms. The van der Waals surface area contributed by atoms with E-state index in [0.717, 1.165) is 29.7 Å². The van der Waals surface area contributed by atoms with Gasteiger partial charge in [-0.05, 0) is 42.0 Å². The first-order chi connectivity index (χ1) is 10.3. The van der Waals surface area contributed by atoms with Gasteiger partial charge in [0.15, 0.2) is 0 Å². The molecule has 3 rings (SSSR count). The van der Waals surface area contributed by atoms with Crippen molar-refractivity contribution in [3.8, 4) is 0 Å². The van der Waals surface area contributed by atoms with Crippen molar-refractivity contribution in [1.82, 2.24) is 0 Å². The second-order valence-electron chi connectivity index (χ2n) is 5.57. The Labute approximate surface area is 124 Å². The molecule has 1 atom stereocenters. The van der Waals surface area contributed by atoms with Gasteiger partial charge in [-0.1, -0.05) is 42.5 Å². The van der Waals surface area contributed by atoms with Crippen LogP contribution in [0.5, 0.6) is 0 Å². The van der Waals surface area contributed by atoms with Crippen LogP contribution in [0.15, 0.2) is 54.6 Å². The van der Waals surface area contributed by atoms with Gasteiger partial charge < -0.3 is 10.4 Å². The number of carbonyl (C=O) groups is 1. The molecule has 1 unspecified atom stereocenters. The lowest BCUT2D eigenvalue weighted by Gasteiger charge is -2.17. The van der Waals surface area contributed by atoms with Crippen molar-refractivity contribution >= 4 is 11.6 Å². The van der Waals surface area contributed by atoms with Crippen LogP contribution in [0.3, 0.4) is 0 Å². The monoisotopic (exact) mass is 281 g/mol. The van der Waals surface area contributed by atoms with E-state index in [4.69, 9.17) is 5.11 Å². The maximum absolute atomic E-state index is 12.6. The number of benzene rings is 2. The molecule has 3 nitrogen and oxygen atoms in total. The fourth-order valence-electron chi connectivity index (χ4n) is 2.69. The predicted molar refractivity (Wildman–Crippen MR) is 82.9 cm³/mol. The van der Waals surface area contributed by atoms with Gasteiger partial charge in [-0.25, -0.2) is 0 Å². The summed E-state index contributed by atoms with van der Waals surface area (Å²) >= 11 is 0. The molecule has 0 heterocycles. The quantitative estimate of drug-likeness (QED) is 0.883. The Morgan fingerprint density at radius 2 is 1.90 bits per heavy atom. The average molecular weight is 281 g/mol. The van der Waals surface area contributed by atoms with Crippen LogP contribution in [-0.4, -0.2) is 11.0 Å². The summed E-state index contributed by atoms with van der Waals surface area (Å²) in [7, 11) is 0. The summed E-state index contributed by atoms with van der Waals surface area (Å²) < 4.78 is 0. The zero-order valence-electron chi connectivity index (χ0n) is 11.8. The summed E-state index contributed by atoms with van der Waals surface area (Å²) in [4.78, 5) is 12.6. The smallest absolute Gasteiger partial charge is 0.232 e. The fraction of sp³-hybridized carbons (Fsp3) is 0.278. The molecular formula is C18H19NO2. The molecule has 1 saturated carbocycles. The van der Waals surface area contributed by atoms with E-state index in [2.05, 4.69) is 5.32 Å². The molecule has 1 fully saturated rings. The molecule has 3 heteroatoms. The predicted octanol–water partition coefficient (Wildman–Crippen LogP) is 3.31. The summed E-state index contributed by atoms with van der Waals surface area (Å²) in [6.45, 7) is -0.0194. The molecule has 108 valence electrons. The number of aliphatic hydroxyl groups is 1. The van der Waals surface area contributed by atoms with Gasteiger partial charge in [0.1, 0.15) is 0 Å². The van der Waals surface area contributed by atoms with Crippen LogP contribution in [0.1, 0.15) is 29.9 Å². The molecule has 1 aliphatic rings. The van der Waals surface area contributed by atoms with Crippen LogP contribution < -0.4 is 5.32 Å². The first kappa shape index (κ1) is 13.8. The molecule has 0 aliphatic heterocycles. The largest absolute Gasteiger partial charge is 0.392 e. The zero-order valence-corrected chi connectivity index (χ0v) is 11.8. The van der Waals surface area contributed by atoms with Crippen molar-refractivity contribution in [3.05, 3.63) is 65.7 Å². The second kappa shape index (κ2) is 6.10. The van der Waals surface area contributed by atoms with Gasteiger partial charge in [-0.2, -0.15) is 0 Å². The molecule has 0 radical (unpaired) electrons. The minimum absolute atomic E-state index is 0.0194. The molecule has 1 aliphatic carbocycles. The molecule has 2 N–H and O–H groups in total. The highest BCUT2D eigenvalue weighted by Gasteiger charge is 2.37. The maximum atomic E-state index is 12.6. The molecule has 2 aromatic carbocycles. The highest BCUT2D eigenvalue weighted by Crippen LogP contribution is 2.43. The Morgan fingerprint density at radius 3 is 2.57 bits per heavy atom. The lowest BCUT2D eigenvalue weighted by atomic mass is 9.93. The summed E-state index contributed by atoms with van der Waals surface area (Å²) in [5, 5.41) is 12.2. The highest BCUT2D eigenvalue weighted by atomic mass is 16.3. The number of hydrogen-bond acceptors (Lipinski definition) is 2. The SMILES string of the molecule is O=C(Nc1cccc(CO)c1)C(c1ccccc1)C1CC1. The topological polar surface area (TPSA) is 49.3 Å². The highest BCUT2D eigenvalue weighted by molar-refractivity contribution is 5.96. The summed E-state index contributed by atoms with van der Waals surface area (Å²) in [6.07, 6.45) is 2.23. The summed E-state index contributed by atoms with van der Waals surface area (Å²) in [5.74, 6) is 0.413. The third kappa shape index (κ3) is 3.31. The Kier molecular flexibility index (Phi) is 4.02. The molecule has 0 aromatic heterocycles. The van der Waals surface area contributed by atoms with Crippen LogP contribution >= 0.6 is 0 Å². The van der Waals surface area contributed by atoms with Crippen molar-refractivity contribution < 1.29 is 9.90 Å². The minimum atomic E-state index is -0.0796. The Morgan fingerprint density at radius 1 is 1.14 bits per heavy atom.